The lowest BCUT2D eigenvalue weighted by atomic mass is 10.1. The number of amides is 1. The summed E-state index contributed by atoms with van der Waals surface area (Å²) in [4.78, 5) is 16.7. The number of sulfone groups is 1. The molecular weight excluding hydrogens is 430 g/mol. The van der Waals surface area contributed by atoms with Gasteiger partial charge in [-0.15, -0.1) is 0 Å². The van der Waals surface area contributed by atoms with Gasteiger partial charge in [0.2, 0.25) is 0 Å². The number of halogens is 2. The Labute approximate surface area is 174 Å². The molecule has 0 unspecified atom stereocenters. The number of thiazole rings is 1. The van der Waals surface area contributed by atoms with Gasteiger partial charge in [-0.1, -0.05) is 41.7 Å². The maximum atomic E-state index is 13.3. The Morgan fingerprint density at radius 3 is 2.33 bits per heavy atom. The van der Waals surface area contributed by atoms with Crippen LogP contribution in [0, 0.1) is 11.6 Å². The van der Waals surface area contributed by atoms with Crippen molar-refractivity contribution < 1.29 is 22.0 Å². The predicted octanol–water partition coefficient (Wildman–Crippen LogP) is 4.80. The predicted molar refractivity (Wildman–Crippen MR) is 111 cm³/mol. The number of hydrogen-bond donors (Lipinski definition) is 1. The molecule has 30 heavy (non-hydrogen) atoms. The van der Waals surface area contributed by atoms with Gasteiger partial charge in [0.05, 0.1) is 20.9 Å². The monoisotopic (exact) mass is 444 g/mol. The van der Waals surface area contributed by atoms with Gasteiger partial charge in [-0.05, 0) is 35.9 Å². The van der Waals surface area contributed by atoms with Gasteiger partial charge in [0.1, 0.15) is 0 Å². The van der Waals surface area contributed by atoms with Crippen LogP contribution in [0.3, 0.4) is 0 Å². The summed E-state index contributed by atoms with van der Waals surface area (Å²) in [7, 11) is -3.49. The van der Waals surface area contributed by atoms with E-state index in [-0.39, 0.29) is 21.3 Å². The third-order valence-electron chi connectivity index (χ3n) is 4.33. The summed E-state index contributed by atoms with van der Waals surface area (Å²) in [5, 5.41) is 2.79. The van der Waals surface area contributed by atoms with Crippen LogP contribution in [-0.2, 0) is 15.6 Å². The Hall–Kier alpha value is -3.17. The molecule has 1 aromatic heterocycles. The van der Waals surface area contributed by atoms with Gasteiger partial charge in [0.25, 0.3) is 5.91 Å². The highest BCUT2D eigenvalue weighted by Crippen LogP contribution is 2.28. The molecular formula is C21H14F2N2O3S2. The maximum Gasteiger partial charge on any atom is 0.257 e. The molecule has 9 heteroatoms. The van der Waals surface area contributed by atoms with Crippen LogP contribution in [0.1, 0.15) is 15.9 Å². The van der Waals surface area contributed by atoms with Gasteiger partial charge in [-0.2, -0.15) is 0 Å². The van der Waals surface area contributed by atoms with Crippen LogP contribution in [0.5, 0.6) is 0 Å². The molecule has 4 rings (SSSR count). The van der Waals surface area contributed by atoms with E-state index in [0.717, 1.165) is 23.5 Å². The highest BCUT2D eigenvalue weighted by atomic mass is 32.2. The summed E-state index contributed by atoms with van der Waals surface area (Å²) < 4.78 is 51.9. The number of hydrogen-bond acceptors (Lipinski definition) is 5. The van der Waals surface area contributed by atoms with Crippen LogP contribution in [0.25, 0.3) is 10.2 Å². The summed E-state index contributed by atoms with van der Waals surface area (Å²) in [5.41, 5.74) is 1.09. The van der Waals surface area contributed by atoms with Gasteiger partial charge < -0.3 is 0 Å². The number of anilines is 1. The van der Waals surface area contributed by atoms with Crippen molar-refractivity contribution in [2.45, 2.75) is 10.6 Å². The molecule has 152 valence electrons. The lowest BCUT2D eigenvalue weighted by molar-refractivity contribution is 0.102. The molecule has 0 bridgehead atoms. The Balaban J connectivity index is 1.48. The summed E-state index contributed by atoms with van der Waals surface area (Å²) in [5.74, 6) is -2.64. The van der Waals surface area contributed by atoms with Crippen LogP contribution in [0.15, 0.2) is 71.6 Å². The SMILES string of the molecule is O=C(Nc1nc2cc(F)c(F)cc2s1)c1ccc(CS(=O)(=O)c2ccccc2)cc1. The molecule has 4 aromatic rings. The molecule has 1 heterocycles. The largest absolute Gasteiger partial charge is 0.298 e. The quantitative estimate of drug-likeness (QED) is 0.480. The number of rotatable bonds is 5. The number of fused-ring (bicyclic) bond motifs is 1. The molecule has 1 amide bonds. The summed E-state index contributed by atoms with van der Waals surface area (Å²) in [6.45, 7) is 0. The molecule has 1 N–H and O–H groups in total. The zero-order valence-electron chi connectivity index (χ0n) is 15.3. The topological polar surface area (TPSA) is 76.1 Å². The van der Waals surface area contributed by atoms with Crippen molar-refractivity contribution in [3.8, 4) is 0 Å². The third kappa shape index (κ3) is 4.22. The summed E-state index contributed by atoms with van der Waals surface area (Å²) in [6, 6.07) is 16.3. The van der Waals surface area contributed by atoms with Gasteiger partial charge in [-0.25, -0.2) is 22.2 Å². The smallest absolute Gasteiger partial charge is 0.257 e. The van der Waals surface area contributed by atoms with E-state index in [0.29, 0.717) is 15.8 Å². The first-order valence-corrected chi connectivity index (χ1v) is 11.2. The van der Waals surface area contributed by atoms with Crippen molar-refractivity contribution in [1.82, 2.24) is 4.98 Å². The first-order valence-electron chi connectivity index (χ1n) is 8.75. The molecule has 0 atom stereocenters. The highest BCUT2D eigenvalue weighted by Gasteiger charge is 2.16. The molecule has 3 aromatic carbocycles. The van der Waals surface area contributed by atoms with E-state index in [1.807, 2.05) is 0 Å². The van der Waals surface area contributed by atoms with Crippen molar-refractivity contribution in [3.05, 3.63) is 89.5 Å². The van der Waals surface area contributed by atoms with Crippen LogP contribution in [0.2, 0.25) is 0 Å². The zero-order chi connectivity index (χ0) is 21.3. The zero-order valence-corrected chi connectivity index (χ0v) is 16.9. The van der Waals surface area contributed by atoms with Crippen molar-refractivity contribution in [2.24, 2.45) is 0 Å². The Morgan fingerprint density at radius 2 is 1.63 bits per heavy atom. The lowest BCUT2D eigenvalue weighted by Crippen LogP contribution is -2.12. The van der Waals surface area contributed by atoms with E-state index in [4.69, 9.17) is 0 Å². The summed E-state index contributed by atoms with van der Waals surface area (Å²) >= 11 is 1.02. The third-order valence-corrected chi connectivity index (χ3v) is 6.96. The second-order valence-electron chi connectivity index (χ2n) is 6.48. The normalized spacial score (nSPS) is 11.5. The standard InChI is InChI=1S/C21H14F2N2O3S2/c22-16-10-18-19(11-17(16)23)29-21(24-18)25-20(26)14-8-6-13(7-9-14)12-30(27,28)15-4-2-1-3-5-15/h1-11H,12H2,(H,24,25,26). The second-order valence-corrected chi connectivity index (χ2v) is 9.50. The molecule has 0 saturated heterocycles. The van der Waals surface area contributed by atoms with Crippen molar-refractivity contribution >= 4 is 42.4 Å². The average Bonchev–Trinajstić information content (AvgIpc) is 3.10. The Kier molecular flexibility index (Phi) is 5.31. The van der Waals surface area contributed by atoms with Crippen molar-refractivity contribution in [3.63, 3.8) is 0 Å². The lowest BCUT2D eigenvalue weighted by Gasteiger charge is -2.06. The molecule has 0 saturated carbocycles. The van der Waals surface area contributed by atoms with Gasteiger partial charge >= 0.3 is 0 Å². The number of benzene rings is 3. The maximum absolute atomic E-state index is 13.3. The molecule has 0 aliphatic rings. The molecule has 5 nitrogen and oxygen atoms in total. The van der Waals surface area contributed by atoms with E-state index in [1.54, 1.807) is 30.3 Å². The van der Waals surface area contributed by atoms with Crippen molar-refractivity contribution in [1.29, 1.82) is 0 Å². The van der Waals surface area contributed by atoms with E-state index in [1.165, 1.54) is 24.3 Å². The van der Waals surface area contributed by atoms with E-state index >= 15 is 0 Å². The molecule has 0 aliphatic carbocycles. The van der Waals surface area contributed by atoms with Crippen LogP contribution >= 0.6 is 11.3 Å². The van der Waals surface area contributed by atoms with Crippen molar-refractivity contribution in [2.75, 3.05) is 5.32 Å². The Bertz CT molecular complexity index is 1300. The number of aromatic nitrogens is 1. The molecule has 0 fully saturated rings. The van der Waals surface area contributed by atoms with E-state index < -0.39 is 27.4 Å². The number of carbonyl (C=O) groups excluding carboxylic acids is 1. The van der Waals surface area contributed by atoms with E-state index in [9.17, 15) is 22.0 Å². The fraction of sp³-hybridized carbons (Fsp3) is 0.0476. The average molecular weight is 444 g/mol. The number of carbonyl (C=O) groups is 1. The second kappa shape index (κ2) is 7.92. The van der Waals surface area contributed by atoms with Gasteiger partial charge in [-0.3, -0.25) is 10.1 Å². The van der Waals surface area contributed by atoms with Crippen LogP contribution in [-0.4, -0.2) is 19.3 Å². The Morgan fingerprint density at radius 1 is 0.967 bits per heavy atom. The van der Waals surface area contributed by atoms with Gasteiger partial charge in [0.15, 0.2) is 26.6 Å². The van der Waals surface area contributed by atoms with Gasteiger partial charge in [0, 0.05) is 11.6 Å². The van der Waals surface area contributed by atoms with Crippen LogP contribution in [0.4, 0.5) is 13.9 Å². The van der Waals surface area contributed by atoms with E-state index in [2.05, 4.69) is 10.3 Å². The summed E-state index contributed by atoms with van der Waals surface area (Å²) in [6.07, 6.45) is 0. The minimum absolute atomic E-state index is 0.187. The number of nitrogens with zero attached hydrogens (tertiary/aromatic N) is 1. The van der Waals surface area contributed by atoms with Crippen LogP contribution < -0.4 is 5.32 Å². The molecule has 0 radical (unpaired) electrons. The minimum atomic E-state index is -3.49. The first-order chi connectivity index (χ1) is 14.3. The fourth-order valence-electron chi connectivity index (χ4n) is 2.83. The minimum Gasteiger partial charge on any atom is -0.298 e. The number of nitrogens with one attached hydrogen (secondary N) is 1. The molecule has 0 spiro atoms. The first kappa shape index (κ1) is 20.1. The molecule has 0 aliphatic heterocycles. The highest BCUT2D eigenvalue weighted by molar-refractivity contribution is 7.90. The fourth-order valence-corrected chi connectivity index (χ4v) is 5.07.